The number of hydrogen-bond donors (Lipinski definition) is 0. The lowest BCUT2D eigenvalue weighted by Crippen LogP contribution is -2.31. The molecule has 29 heavy (non-hydrogen) atoms. The number of fused-ring (bicyclic) bond motifs is 2. The third-order valence-electron chi connectivity index (χ3n) is 4.60. The van der Waals surface area contributed by atoms with Crippen molar-refractivity contribution in [1.29, 1.82) is 0 Å². The van der Waals surface area contributed by atoms with Gasteiger partial charge in [-0.15, -0.1) is 0 Å². The van der Waals surface area contributed by atoms with Gasteiger partial charge in [-0.2, -0.15) is 0 Å². The van der Waals surface area contributed by atoms with Crippen molar-refractivity contribution in [3.8, 4) is 0 Å². The van der Waals surface area contributed by atoms with Crippen LogP contribution in [0.1, 0.15) is 43.4 Å². The zero-order chi connectivity index (χ0) is 20.4. The van der Waals surface area contributed by atoms with Gasteiger partial charge in [0, 0.05) is 20.3 Å². The van der Waals surface area contributed by atoms with Gasteiger partial charge in [0.1, 0.15) is 5.52 Å². The van der Waals surface area contributed by atoms with Crippen LogP contribution in [-0.4, -0.2) is 47.9 Å². The first-order valence-electron chi connectivity index (χ1n) is 9.09. The molecule has 0 unspecified atom stereocenters. The number of aromatic nitrogens is 1. The second-order valence-electron chi connectivity index (χ2n) is 6.52. The van der Waals surface area contributed by atoms with Gasteiger partial charge in [0.2, 0.25) is 5.89 Å². The van der Waals surface area contributed by atoms with E-state index in [1.807, 2.05) is 12.1 Å². The molecule has 0 N–H and O–H groups in total. The highest BCUT2D eigenvalue weighted by atomic mass is 16.5. The summed E-state index contributed by atoms with van der Waals surface area (Å²) >= 11 is 0. The molecule has 0 aliphatic carbocycles. The number of ether oxygens (including phenoxy) is 2. The second-order valence-corrected chi connectivity index (χ2v) is 6.52. The summed E-state index contributed by atoms with van der Waals surface area (Å²) in [7, 11) is 1.56. The maximum atomic E-state index is 12.5. The fourth-order valence-corrected chi connectivity index (χ4v) is 3.18. The van der Waals surface area contributed by atoms with Gasteiger partial charge in [0.15, 0.2) is 12.2 Å². The van der Waals surface area contributed by atoms with Crippen molar-refractivity contribution in [2.24, 2.45) is 0 Å². The number of imide groups is 1. The van der Waals surface area contributed by atoms with Crippen LogP contribution in [0, 0.1) is 0 Å². The average molecular weight is 394 g/mol. The highest BCUT2D eigenvalue weighted by Crippen LogP contribution is 2.25. The van der Waals surface area contributed by atoms with Crippen LogP contribution in [0.4, 0.5) is 0 Å². The normalized spacial score (nSPS) is 13.2. The van der Waals surface area contributed by atoms with Crippen molar-refractivity contribution >= 4 is 28.9 Å². The van der Waals surface area contributed by atoms with E-state index in [2.05, 4.69) is 4.98 Å². The minimum atomic E-state index is -0.631. The lowest BCUT2D eigenvalue weighted by molar-refractivity contribution is 0.0440. The van der Waals surface area contributed by atoms with E-state index in [4.69, 9.17) is 13.9 Å². The fourth-order valence-electron chi connectivity index (χ4n) is 3.18. The molecule has 0 radical (unpaired) electrons. The Morgan fingerprint density at radius 1 is 1.10 bits per heavy atom. The first kappa shape index (κ1) is 18.8. The number of rotatable bonds is 7. The molecule has 2 heterocycles. The number of carbonyl (C=O) groups is 3. The minimum Gasteiger partial charge on any atom is -0.452 e. The number of oxazole rings is 1. The molecule has 0 spiro atoms. The van der Waals surface area contributed by atoms with Crippen LogP contribution in [-0.2, 0) is 16.1 Å². The van der Waals surface area contributed by atoms with E-state index >= 15 is 0 Å². The van der Waals surface area contributed by atoms with E-state index in [0.29, 0.717) is 24.1 Å². The van der Waals surface area contributed by atoms with Crippen LogP contribution in [0.3, 0.4) is 0 Å². The Kier molecular flexibility index (Phi) is 5.09. The smallest absolute Gasteiger partial charge is 0.338 e. The molecule has 0 saturated heterocycles. The Balaban J connectivity index is 1.45. The number of hydrogen-bond acceptors (Lipinski definition) is 7. The summed E-state index contributed by atoms with van der Waals surface area (Å²) in [6.45, 7) is 0.569. The van der Waals surface area contributed by atoms with Crippen LogP contribution < -0.4 is 0 Å². The van der Waals surface area contributed by atoms with Crippen molar-refractivity contribution in [3.05, 3.63) is 65.0 Å². The Bertz CT molecular complexity index is 1070. The number of esters is 1. The lowest BCUT2D eigenvalue weighted by atomic mass is 10.1. The summed E-state index contributed by atoms with van der Waals surface area (Å²) in [6.07, 6.45) is 0.543. The lowest BCUT2D eigenvalue weighted by Gasteiger charge is -2.12. The topological polar surface area (TPSA) is 98.9 Å². The van der Waals surface area contributed by atoms with Gasteiger partial charge in [-0.25, -0.2) is 9.78 Å². The average Bonchev–Trinajstić information content (AvgIpc) is 3.26. The van der Waals surface area contributed by atoms with Gasteiger partial charge in [0.05, 0.1) is 16.7 Å². The van der Waals surface area contributed by atoms with E-state index in [0.717, 1.165) is 4.90 Å². The molecule has 3 aromatic rings. The van der Waals surface area contributed by atoms with Gasteiger partial charge in [0.25, 0.3) is 11.8 Å². The molecule has 2 amide bonds. The van der Waals surface area contributed by atoms with Crippen LogP contribution in [0.5, 0.6) is 0 Å². The Morgan fingerprint density at radius 3 is 2.69 bits per heavy atom. The summed E-state index contributed by atoms with van der Waals surface area (Å²) < 4.78 is 15.7. The van der Waals surface area contributed by atoms with Crippen LogP contribution >= 0.6 is 0 Å². The summed E-state index contributed by atoms with van der Waals surface area (Å²) in [5.41, 5.74) is 1.94. The maximum absolute atomic E-state index is 12.5. The third-order valence-corrected chi connectivity index (χ3v) is 4.60. The third kappa shape index (κ3) is 3.62. The van der Waals surface area contributed by atoms with Gasteiger partial charge in [-0.05, 0) is 36.8 Å². The molecule has 0 saturated carbocycles. The van der Waals surface area contributed by atoms with E-state index < -0.39 is 11.9 Å². The van der Waals surface area contributed by atoms with Crippen molar-refractivity contribution < 1.29 is 28.3 Å². The zero-order valence-electron chi connectivity index (χ0n) is 15.7. The van der Waals surface area contributed by atoms with E-state index in [1.54, 1.807) is 19.2 Å². The zero-order valence-corrected chi connectivity index (χ0v) is 15.7. The molecule has 8 heteroatoms. The fraction of sp³-hybridized carbons (Fsp3) is 0.238. The Hall–Kier alpha value is -3.52. The van der Waals surface area contributed by atoms with Crippen molar-refractivity contribution in [1.82, 2.24) is 9.88 Å². The molecule has 0 atom stereocenters. The number of para-hydroxylation sites is 2. The number of methoxy groups -OCH3 is 1. The molecule has 1 aromatic heterocycles. The Labute approximate surface area is 166 Å². The standard InChI is InChI=1S/C21H18N2O6/c1-27-10-4-9-23-19(24)14-8-7-13(11-15(14)20(23)25)21(26)28-12-18-22-16-5-2-3-6-17(16)29-18/h2-3,5-8,11H,4,9-10,12H2,1H3. The van der Waals surface area contributed by atoms with Gasteiger partial charge < -0.3 is 13.9 Å². The van der Waals surface area contributed by atoms with Gasteiger partial charge in [-0.1, -0.05) is 12.1 Å². The molecule has 0 bridgehead atoms. The largest absolute Gasteiger partial charge is 0.452 e. The molecule has 1 aliphatic heterocycles. The van der Waals surface area contributed by atoms with Crippen molar-refractivity contribution in [2.75, 3.05) is 20.3 Å². The van der Waals surface area contributed by atoms with Crippen LogP contribution in [0.2, 0.25) is 0 Å². The molecule has 4 rings (SSSR count). The predicted molar refractivity (Wildman–Crippen MR) is 101 cm³/mol. The summed E-state index contributed by atoms with van der Waals surface area (Å²) in [4.78, 5) is 42.8. The molecule has 8 nitrogen and oxygen atoms in total. The number of carbonyl (C=O) groups excluding carboxylic acids is 3. The summed E-state index contributed by atoms with van der Waals surface area (Å²) in [5, 5.41) is 0. The summed E-state index contributed by atoms with van der Waals surface area (Å²) in [6, 6.07) is 11.6. The number of amides is 2. The highest BCUT2D eigenvalue weighted by molar-refractivity contribution is 6.21. The van der Waals surface area contributed by atoms with Crippen LogP contribution in [0.15, 0.2) is 46.9 Å². The van der Waals surface area contributed by atoms with Gasteiger partial charge >= 0.3 is 5.97 Å². The first-order valence-corrected chi connectivity index (χ1v) is 9.09. The quantitative estimate of drug-likeness (QED) is 0.345. The van der Waals surface area contributed by atoms with E-state index in [9.17, 15) is 14.4 Å². The van der Waals surface area contributed by atoms with E-state index in [1.165, 1.54) is 18.2 Å². The van der Waals surface area contributed by atoms with Gasteiger partial charge in [-0.3, -0.25) is 14.5 Å². The minimum absolute atomic E-state index is 0.138. The molecule has 0 fully saturated rings. The SMILES string of the molecule is COCCCN1C(=O)c2ccc(C(=O)OCc3nc4ccccc4o3)cc2C1=O. The molecule has 2 aromatic carbocycles. The maximum Gasteiger partial charge on any atom is 0.338 e. The molecule has 148 valence electrons. The number of benzene rings is 2. The predicted octanol–water partition coefficient (Wildman–Crippen LogP) is 2.82. The van der Waals surface area contributed by atoms with Crippen molar-refractivity contribution in [3.63, 3.8) is 0 Å². The molecule has 1 aliphatic rings. The summed E-state index contributed by atoms with van der Waals surface area (Å²) in [5.74, 6) is -1.15. The van der Waals surface area contributed by atoms with E-state index in [-0.39, 0.29) is 41.6 Å². The monoisotopic (exact) mass is 394 g/mol. The molecular formula is C21H18N2O6. The molecular weight excluding hydrogens is 376 g/mol. The highest BCUT2D eigenvalue weighted by Gasteiger charge is 2.35. The number of nitrogens with zero attached hydrogens (tertiary/aromatic N) is 2. The first-order chi connectivity index (χ1) is 14.1. The van der Waals surface area contributed by atoms with Crippen LogP contribution in [0.25, 0.3) is 11.1 Å². The Morgan fingerprint density at radius 2 is 1.90 bits per heavy atom. The van der Waals surface area contributed by atoms with Crippen molar-refractivity contribution in [2.45, 2.75) is 13.0 Å². The second kappa shape index (κ2) is 7.84.